The number of unbranched alkanes of at least 4 members (excludes halogenated alkanes) is 13. The molecular formula is C39H51BrO6. The summed E-state index contributed by atoms with van der Waals surface area (Å²) in [5.74, 6) is 1.10. The molecular weight excluding hydrogens is 644 g/mol. The molecule has 0 atom stereocenters. The van der Waals surface area contributed by atoms with E-state index >= 15 is 0 Å². The number of halogens is 1. The SMILES string of the molecule is CCCCCCCCCCCCCCOc1cc(C(=O)Oc2ccc(C(=O)Oc3ccc(OCCCCC)cc3)cc2)ccc1Br. The number of esters is 2. The summed E-state index contributed by atoms with van der Waals surface area (Å²) in [5, 5.41) is 0. The van der Waals surface area contributed by atoms with Crippen molar-refractivity contribution in [3.8, 4) is 23.0 Å². The Balaban J connectivity index is 1.36. The van der Waals surface area contributed by atoms with Crippen molar-refractivity contribution in [3.63, 3.8) is 0 Å². The predicted octanol–water partition coefficient (Wildman–Crippen LogP) is 11.5. The number of rotatable bonds is 23. The van der Waals surface area contributed by atoms with Crippen LogP contribution in [0.2, 0.25) is 0 Å². The van der Waals surface area contributed by atoms with E-state index in [1.54, 1.807) is 66.7 Å². The molecule has 7 heteroatoms. The van der Waals surface area contributed by atoms with Crippen LogP contribution in [0.1, 0.15) is 131 Å². The molecule has 0 N–H and O–H groups in total. The molecule has 46 heavy (non-hydrogen) atoms. The van der Waals surface area contributed by atoms with E-state index in [2.05, 4.69) is 29.8 Å². The highest BCUT2D eigenvalue weighted by Crippen LogP contribution is 2.27. The van der Waals surface area contributed by atoms with Crippen LogP contribution in [0.3, 0.4) is 0 Å². The van der Waals surface area contributed by atoms with Crippen molar-refractivity contribution in [2.75, 3.05) is 13.2 Å². The van der Waals surface area contributed by atoms with Gasteiger partial charge in [-0.05, 0) is 95.5 Å². The zero-order valence-corrected chi connectivity index (χ0v) is 29.3. The summed E-state index contributed by atoms with van der Waals surface area (Å²) in [6, 6.07) is 18.5. The van der Waals surface area contributed by atoms with E-state index in [1.807, 2.05) is 0 Å². The highest BCUT2D eigenvalue weighted by atomic mass is 79.9. The van der Waals surface area contributed by atoms with Crippen molar-refractivity contribution >= 4 is 27.9 Å². The first-order chi connectivity index (χ1) is 22.5. The van der Waals surface area contributed by atoms with Crippen molar-refractivity contribution in [3.05, 3.63) is 82.3 Å². The first-order valence-electron chi connectivity index (χ1n) is 17.2. The molecule has 0 bridgehead atoms. The van der Waals surface area contributed by atoms with E-state index in [4.69, 9.17) is 18.9 Å². The summed E-state index contributed by atoms with van der Waals surface area (Å²) >= 11 is 3.52. The van der Waals surface area contributed by atoms with Crippen molar-refractivity contribution < 1.29 is 28.5 Å². The van der Waals surface area contributed by atoms with E-state index < -0.39 is 11.9 Å². The fourth-order valence-electron chi connectivity index (χ4n) is 5.00. The molecule has 0 saturated carbocycles. The maximum atomic E-state index is 12.9. The summed E-state index contributed by atoms with van der Waals surface area (Å²) in [6.07, 6.45) is 18.8. The number of carbonyl (C=O) groups excluding carboxylic acids is 2. The van der Waals surface area contributed by atoms with Crippen molar-refractivity contribution in [1.29, 1.82) is 0 Å². The minimum absolute atomic E-state index is 0.327. The van der Waals surface area contributed by atoms with Gasteiger partial charge < -0.3 is 18.9 Å². The highest BCUT2D eigenvalue weighted by molar-refractivity contribution is 9.10. The maximum Gasteiger partial charge on any atom is 0.343 e. The number of hydrogen-bond donors (Lipinski definition) is 0. The Kier molecular flexibility index (Phi) is 18.0. The second-order valence-electron chi connectivity index (χ2n) is 11.7. The molecule has 0 aliphatic rings. The van der Waals surface area contributed by atoms with Crippen LogP contribution in [0.25, 0.3) is 0 Å². The third-order valence-electron chi connectivity index (χ3n) is 7.77. The predicted molar refractivity (Wildman–Crippen MR) is 189 cm³/mol. The second-order valence-corrected chi connectivity index (χ2v) is 12.6. The molecule has 3 aromatic carbocycles. The third-order valence-corrected chi connectivity index (χ3v) is 8.43. The van der Waals surface area contributed by atoms with Crippen molar-refractivity contribution in [2.45, 2.75) is 110 Å². The van der Waals surface area contributed by atoms with Gasteiger partial charge in [0.05, 0.1) is 28.8 Å². The first kappa shape index (κ1) is 37.1. The average molecular weight is 696 g/mol. The smallest absolute Gasteiger partial charge is 0.343 e. The fraction of sp³-hybridized carbons (Fsp3) is 0.487. The van der Waals surface area contributed by atoms with Gasteiger partial charge in [0.15, 0.2) is 0 Å². The molecule has 0 aromatic heterocycles. The van der Waals surface area contributed by atoms with Crippen LogP contribution in [0, 0.1) is 0 Å². The summed E-state index contributed by atoms with van der Waals surface area (Å²) < 4.78 is 23.5. The van der Waals surface area contributed by atoms with Gasteiger partial charge in [-0.1, -0.05) is 97.3 Å². The fourth-order valence-corrected chi connectivity index (χ4v) is 5.36. The van der Waals surface area contributed by atoms with Crippen LogP contribution in [0.5, 0.6) is 23.0 Å². The van der Waals surface area contributed by atoms with E-state index in [9.17, 15) is 9.59 Å². The van der Waals surface area contributed by atoms with Crippen LogP contribution < -0.4 is 18.9 Å². The molecule has 0 amide bonds. The number of benzene rings is 3. The Bertz CT molecular complexity index is 1290. The van der Waals surface area contributed by atoms with Crippen LogP contribution >= 0.6 is 15.9 Å². The lowest BCUT2D eigenvalue weighted by molar-refractivity contribution is 0.0730. The lowest BCUT2D eigenvalue weighted by atomic mass is 10.1. The summed E-state index contributed by atoms with van der Waals surface area (Å²) in [5.41, 5.74) is 0.728. The molecule has 0 unspecified atom stereocenters. The Morgan fingerprint density at radius 2 is 0.913 bits per heavy atom. The van der Waals surface area contributed by atoms with Gasteiger partial charge in [-0.2, -0.15) is 0 Å². The monoisotopic (exact) mass is 694 g/mol. The Labute approximate surface area is 284 Å². The van der Waals surface area contributed by atoms with E-state index in [0.717, 1.165) is 42.3 Å². The molecule has 0 fully saturated rings. The van der Waals surface area contributed by atoms with Crippen LogP contribution in [0.4, 0.5) is 0 Å². The van der Waals surface area contributed by atoms with Gasteiger partial charge in [0, 0.05) is 0 Å². The molecule has 6 nitrogen and oxygen atoms in total. The molecule has 0 heterocycles. The molecule has 0 saturated heterocycles. The topological polar surface area (TPSA) is 71.1 Å². The Morgan fingerprint density at radius 3 is 1.50 bits per heavy atom. The zero-order valence-electron chi connectivity index (χ0n) is 27.7. The van der Waals surface area contributed by atoms with Gasteiger partial charge >= 0.3 is 11.9 Å². The summed E-state index contributed by atoms with van der Waals surface area (Å²) in [6.45, 7) is 5.68. The minimum Gasteiger partial charge on any atom is -0.494 e. The van der Waals surface area contributed by atoms with Crippen LogP contribution in [-0.4, -0.2) is 25.2 Å². The summed E-state index contributed by atoms with van der Waals surface area (Å²) in [7, 11) is 0. The molecule has 3 rings (SSSR count). The molecule has 0 radical (unpaired) electrons. The van der Waals surface area contributed by atoms with Gasteiger partial charge in [-0.3, -0.25) is 0 Å². The van der Waals surface area contributed by atoms with E-state index in [-0.39, 0.29) is 0 Å². The van der Waals surface area contributed by atoms with Crippen LogP contribution in [-0.2, 0) is 0 Å². The quantitative estimate of drug-likeness (QED) is 0.0559. The van der Waals surface area contributed by atoms with E-state index in [0.29, 0.717) is 41.6 Å². The molecule has 0 spiro atoms. The number of ether oxygens (including phenoxy) is 4. The lowest BCUT2D eigenvalue weighted by Gasteiger charge is -2.11. The normalized spacial score (nSPS) is 10.8. The van der Waals surface area contributed by atoms with Crippen molar-refractivity contribution in [2.24, 2.45) is 0 Å². The molecule has 0 aliphatic carbocycles. The summed E-state index contributed by atoms with van der Waals surface area (Å²) in [4.78, 5) is 25.5. The Hall–Kier alpha value is -3.32. The number of hydrogen-bond acceptors (Lipinski definition) is 6. The molecule has 0 aliphatic heterocycles. The van der Waals surface area contributed by atoms with Crippen molar-refractivity contribution in [1.82, 2.24) is 0 Å². The third kappa shape index (κ3) is 14.4. The standard InChI is InChI=1S/C39H51BrO6/c1-3-5-7-8-9-10-11-12-13-14-15-17-29-44-37-30-32(20-27-36(37)40)39(42)46-34-21-18-31(19-22-34)38(41)45-35-25-23-33(24-26-35)43-28-16-6-4-2/h18-27,30H,3-17,28-29H2,1-2H3. The highest BCUT2D eigenvalue weighted by Gasteiger charge is 2.14. The number of carbonyl (C=O) groups is 2. The average Bonchev–Trinajstić information content (AvgIpc) is 3.07. The zero-order chi connectivity index (χ0) is 32.8. The van der Waals surface area contributed by atoms with Gasteiger partial charge in [-0.25, -0.2) is 9.59 Å². The van der Waals surface area contributed by atoms with Gasteiger partial charge in [0.2, 0.25) is 0 Å². The maximum absolute atomic E-state index is 12.9. The first-order valence-corrected chi connectivity index (χ1v) is 18.0. The minimum atomic E-state index is -0.505. The molecule has 3 aromatic rings. The van der Waals surface area contributed by atoms with Gasteiger partial charge in [-0.15, -0.1) is 0 Å². The van der Waals surface area contributed by atoms with Gasteiger partial charge in [0.25, 0.3) is 0 Å². The van der Waals surface area contributed by atoms with Gasteiger partial charge in [0.1, 0.15) is 23.0 Å². The lowest BCUT2D eigenvalue weighted by Crippen LogP contribution is -2.10. The largest absolute Gasteiger partial charge is 0.494 e. The second kappa shape index (κ2) is 22.2. The Morgan fingerprint density at radius 1 is 0.500 bits per heavy atom. The molecule has 250 valence electrons. The van der Waals surface area contributed by atoms with E-state index in [1.165, 1.54) is 64.2 Å². The van der Waals surface area contributed by atoms with Crippen LogP contribution in [0.15, 0.2) is 71.2 Å².